The number of nitrogens with one attached hydrogen (secondary N) is 1. The van der Waals surface area contributed by atoms with Gasteiger partial charge in [0.05, 0.1) is 18.7 Å². The molecule has 0 aliphatic rings. The third kappa shape index (κ3) is 4.30. The number of aromatic nitrogens is 2. The molecular weight excluding hydrogens is 276 g/mol. The molecule has 1 N–H and O–H groups in total. The van der Waals surface area contributed by atoms with Crippen LogP contribution in [0.5, 0.6) is 0 Å². The highest BCUT2D eigenvalue weighted by Crippen LogP contribution is 2.21. The highest BCUT2D eigenvalue weighted by Gasteiger charge is 2.05. The summed E-state index contributed by atoms with van der Waals surface area (Å²) in [5.41, 5.74) is 0.837. The van der Waals surface area contributed by atoms with Gasteiger partial charge in [0.2, 0.25) is 5.28 Å². The fraction of sp³-hybridized carbons (Fsp3) is 0.429. The van der Waals surface area contributed by atoms with Gasteiger partial charge in [-0.2, -0.15) is 0 Å². The van der Waals surface area contributed by atoms with Crippen LogP contribution in [0.15, 0.2) is 24.3 Å². The second kappa shape index (κ2) is 7.38. The number of halogens is 1. The SMILES string of the molecule is CN(C)CCOCCNc1nc(Cl)nc2ccccc12. The van der Waals surface area contributed by atoms with Crippen LogP contribution in [-0.2, 0) is 4.74 Å². The largest absolute Gasteiger partial charge is 0.378 e. The molecule has 0 bridgehead atoms. The molecule has 108 valence electrons. The van der Waals surface area contributed by atoms with E-state index in [4.69, 9.17) is 16.3 Å². The van der Waals surface area contributed by atoms with E-state index in [0.717, 1.165) is 29.9 Å². The predicted octanol–water partition coefficient (Wildman–Crippen LogP) is 2.27. The molecule has 1 aromatic carbocycles. The molecule has 20 heavy (non-hydrogen) atoms. The van der Waals surface area contributed by atoms with Crippen LogP contribution in [0.3, 0.4) is 0 Å². The molecular formula is C14H19ClN4O. The van der Waals surface area contributed by atoms with E-state index in [2.05, 4.69) is 20.2 Å². The van der Waals surface area contributed by atoms with Gasteiger partial charge in [-0.05, 0) is 37.8 Å². The first-order valence-electron chi connectivity index (χ1n) is 6.55. The maximum Gasteiger partial charge on any atom is 0.224 e. The Labute approximate surface area is 123 Å². The summed E-state index contributed by atoms with van der Waals surface area (Å²) in [5.74, 6) is 0.747. The van der Waals surface area contributed by atoms with Crippen molar-refractivity contribution in [2.24, 2.45) is 0 Å². The van der Waals surface area contributed by atoms with Crippen LogP contribution in [0.25, 0.3) is 10.9 Å². The summed E-state index contributed by atoms with van der Waals surface area (Å²) in [5, 5.41) is 4.46. The summed E-state index contributed by atoms with van der Waals surface area (Å²) in [7, 11) is 4.05. The van der Waals surface area contributed by atoms with Crippen molar-refractivity contribution in [1.29, 1.82) is 0 Å². The summed E-state index contributed by atoms with van der Waals surface area (Å²) < 4.78 is 5.53. The van der Waals surface area contributed by atoms with E-state index < -0.39 is 0 Å². The number of benzene rings is 1. The molecule has 0 saturated carbocycles. The van der Waals surface area contributed by atoms with E-state index in [1.54, 1.807) is 0 Å². The van der Waals surface area contributed by atoms with E-state index in [9.17, 15) is 0 Å². The predicted molar refractivity (Wildman–Crippen MR) is 82.4 cm³/mol. The third-order valence-electron chi connectivity index (χ3n) is 2.80. The molecule has 0 fully saturated rings. The Balaban J connectivity index is 1.90. The Morgan fingerprint density at radius 2 is 2.00 bits per heavy atom. The minimum absolute atomic E-state index is 0.250. The van der Waals surface area contributed by atoms with E-state index in [-0.39, 0.29) is 5.28 Å². The van der Waals surface area contributed by atoms with Gasteiger partial charge < -0.3 is 15.0 Å². The standard InChI is InChI=1S/C14H19ClN4O/c1-19(2)8-10-20-9-7-16-13-11-5-3-4-6-12(11)17-14(15)18-13/h3-6H,7-10H2,1-2H3,(H,16,17,18). The molecule has 2 aromatic rings. The van der Waals surface area contributed by atoms with Crippen LogP contribution >= 0.6 is 11.6 Å². The average molecular weight is 295 g/mol. The lowest BCUT2D eigenvalue weighted by Crippen LogP contribution is -2.20. The van der Waals surface area contributed by atoms with Gasteiger partial charge in [-0.1, -0.05) is 12.1 Å². The first-order chi connectivity index (χ1) is 9.66. The van der Waals surface area contributed by atoms with Crippen molar-refractivity contribution < 1.29 is 4.74 Å². The monoisotopic (exact) mass is 294 g/mol. The zero-order chi connectivity index (χ0) is 14.4. The van der Waals surface area contributed by atoms with Crippen LogP contribution in [0, 0.1) is 0 Å². The highest BCUT2D eigenvalue weighted by atomic mass is 35.5. The number of likely N-dealkylation sites (N-methyl/N-ethyl adjacent to an activating group) is 1. The van der Waals surface area contributed by atoms with Gasteiger partial charge >= 0.3 is 0 Å². The number of para-hydroxylation sites is 1. The highest BCUT2D eigenvalue weighted by molar-refractivity contribution is 6.28. The maximum atomic E-state index is 5.92. The zero-order valence-electron chi connectivity index (χ0n) is 11.8. The smallest absolute Gasteiger partial charge is 0.224 e. The first kappa shape index (κ1) is 15.0. The zero-order valence-corrected chi connectivity index (χ0v) is 12.5. The number of anilines is 1. The number of nitrogens with zero attached hydrogens (tertiary/aromatic N) is 3. The lowest BCUT2D eigenvalue weighted by molar-refractivity contribution is 0.126. The molecule has 0 atom stereocenters. The van der Waals surface area contributed by atoms with E-state index >= 15 is 0 Å². The summed E-state index contributed by atoms with van der Waals surface area (Å²) in [6.07, 6.45) is 0. The maximum absolute atomic E-state index is 5.92. The van der Waals surface area contributed by atoms with Crippen molar-refractivity contribution in [3.05, 3.63) is 29.5 Å². The lowest BCUT2D eigenvalue weighted by Gasteiger charge is -2.11. The van der Waals surface area contributed by atoms with Crippen LogP contribution in [0.2, 0.25) is 5.28 Å². The minimum atomic E-state index is 0.250. The minimum Gasteiger partial charge on any atom is -0.378 e. The number of hydrogen-bond acceptors (Lipinski definition) is 5. The summed E-state index contributed by atoms with van der Waals surface area (Å²) >= 11 is 5.92. The van der Waals surface area contributed by atoms with Gasteiger partial charge in [0.1, 0.15) is 5.82 Å². The van der Waals surface area contributed by atoms with Gasteiger partial charge in [0.15, 0.2) is 0 Å². The molecule has 0 spiro atoms. The molecule has 0 aliphatic heterocycles. The van der Waals surface area contributed by atoms with Crippen molar-refractivity contribution in [2.45, 2.75) is 0 Å². The Morgan fingerprint density at radius 1 is 1.20 bits per heavy atom. The summed E-state index contributed by atoms with van der Waals surface area (Å²) in [6, 6.07) is 7.78. The molecule has 2 rings (SSSR count). The Morgan fingerprint density at radius 3 is 2.80 bits per heavy atom. The van der Waals surface area contributed by atoms with E-state index in [1.165, 1.54) is 0 Å². The normalized spacial score (nSPS) is 11.2. The quantitative estimate of drug-likeness (QED) is 0.627. The Kier molecular flexibility index (Phi) is 5.52. The topological polar surface area (TPSA) is 50.3 Å². The van der Waals surface area contributed by atoms with Crippen LogP contribution < -0.4 is 5.32 Å². The van der Waals surface area contributed by atoms with Crippen LogP contribution in [0.4, 0.5) is 5.82 Å². The van der Waals surface area contributed by atoms with Gasteiger partial charge in [-0.25, -0.2) is 9.97 Å². The first-order valence-corrected chi connectivity index (χ1v) is 6.93. The van der Waals surface area contributed by atoms with Gasteiger partial charge in [0, 0.05) is 18.5 Å². The van der Waals surface area contributed by atoms with Gasteiger partial charge in [-0.3, -0.25) is 0 Å². The molecule has 0 aliphatic carbocycles. The molecule has 0 unspecified atom stereocenters. The molecule has 0 radical (unpaired) electrons. The fourth-order valence-corrected chi connectivity index (χ4v) is 1.95. The Hall–Kier alpha value is -1.43. The van der Waals surface area contributed by atoms with Gasteiger partial charge in [-0.15, -0.1) is 0 Å². The molecule has 1 aromatic heterocycles. The van der Waals surface area contributed by atoms with Crippen molar-refractivity contribution in [3.63, 3.8) is 0 Å². The van der Waals surface area contributed by atoms with Crippen molar-refractivity contribution in [3.8, 4) is 0 Å². The van der Waals surface area contributed by atoms with Crippen molar-refractivity contribution in [2.75, 3.05) is 45.7 Å². The fourth-order valence-electron chi connectivity index (χ4n) is 1.77. The number of rotatable bonds is 7. The van der Waals surface area contributed by atoms with Crippen LogP contribution in [0.1, 0.15) is 0 Å². The molecule has 0 saturated heterocycles. The lowest BCUT2D eigenvalue weighted by atomic mass is 10.2. The average Bonchev–Trinajstić information content (AvgIpc) is 2.42. The Bertz CT molecular complexity index is 562. The van der Waals surface area contributed by atoms with Crippen molar-refractivity contribution >= 4 is 28.3 Å². The summed E-state index contributed by atoms with van der Waals surface area (Å²) in [4.78, 5) is 10.5. The summed E-state index contributed by atoms with van der Waals surface area (Å²) in [6.45, 7) is 2.96. The molecule has 6 heteroatoms. The second-order valence-corrected chi connectivity index (χ2v) is 5.04. The molecule has 0 amide bonds. The van der Waals surface area contributed by atoms with E-state index in [0.29, 0.717) is 13.2 Å². The van der Waals surface area contributed by atoms with Crippen molar-refractivity contribution in [1.82, 2.24) is 14.9 Å². The number of fused-ring (bicyclic) bond motifs is 1. The molecule has 1 heterocycles. The molecule has 5 nitrogen and oxygen atoms in total. The third-order valence-corrected chi connectivity index (χ3v) is 2.97. The van der Waals surface area contributed by atoms with Crippen LogP contribution in [-0.4, -0.2) is 55.3 Å². The number of ether oxygens (including phenoxy) is 1. The van der Waals surface area contributed by atoms with E-state index in [1.807, 2.05) is 38.4 Å². The second-order valence-electron chi connectivity index (χ2n) is 4.70. The van der Waals surface area contributed by atoms with Gasteiger partial charge in [0.25, 0.3) is 0 Å². The number of hydrogen-bond donors (Lipinski definition) is 1.